The van der Waals surface area contributed by atoms with Crippen molar-refractivity contribution in [3.63, 3.8) is 0 Å². The van der Waals surface area contributed by atoms with Crippen LogP contribution < -0.4 is 14.2 Å². The van der Waals surface area contributed by atoms with Crippen LogP contribution in [0, 0.1) is 5.82 Å². The highest BCUT2D eigenvalue weighted by Crippen LogP contribution is 2.42. The summed E-state index contributed by atoms with van der Waals surface area (Å²) in [6.45, 7) is 4.22. The van der Waals surface area contributed by atoms with Gasteiger partial charge in [-0.25, -0.2) is 4.39 Å². The van der Waals surface area contributed by atoms with Crippen molar-refractivity contribution in [3.8, 4) is 17.2 Å². The van der Waals surface area contributed by atoms with E-state index in [0.29, 0.717) is 43.3 Å². The fourth-order valence-electron chi connectivity index (χ4n) is 5.42. The van der Waals surface area contributed by atoms with Crippen LogP contribution in [-0.4, -0.2) is 80.2 Å². The van der Waals surface area contributed by atoms with Gasteiger partial charge in [0.05, 0.1) is 39.0 Å². The van der Waals surface area contributed by atoms with Gasteiger partial charge in [0.15, 0.2) is 23.1 Å². The van der Waals surface area contributed by atoms with Crippen molar-refractivity contribution in [1.82, 2.24) is 9.80 Å². The number of hydrogen-bond acceptors (Lipinski definition) is 8. The molecule has 5 rings (SSSR count). The number of aliphatic hydroxyl groups excluding tert-OH is 1. The maximum Gasteiger partial charge on any atom is 0.295 e. The van der Waals surface area contributed by atoms with E-state index in [2.05, 4.69) is 4.90 Å². The van der Waals surface area contributed by atoms with E-state index in [1.807, 2.05) is 30.3 Å². The van der Waals surface area contributed by atoms with Crippen LogP contribution >= 0.6 is 0 Å². The average molecular weight is 591 g/mol. The fraction of sp³-hybridized carbons (Fsp3) is 0.333. The van der Waals surface area contributed by atoms with Crippen LogP contribution in [0.3, 0.4) is 0 Å². The minimum absolute atomic E-state index is 0.00695. The summed E-state index contributed by atoms with van der Waals surface area (Å²) >= 11 is 0. The second kappa shape index (κ2) is 13.7. The number of carbonyl (C=O) groups is 2. The largest absolute Gasteiger partial charge is 0.507 e. The van der Waals surface area contributed by atoms with Gasteiger partial charge in [0, 0.05) is 31.7 Å². The fourth-order valence-corrected chi connectivity index (χ4v) is 5.42. The van der Waals surface area contributed by atoms with Gasteiger partial charge in [0.25, 0.3) is 11.7 Å². The van der Waals surface area contributed by atoms with E-state index in [9.17, 15) is 19.1 Å². The summed E-state index contributed by atoms with van der Waals surface area (Å²) in [5.41, 5.74) is 1.46. The number of carbonyl (C=O) groups excluding carboxylic acids is 2. The first-order valence-corrected chi connectivity index (χ1v) is 14.2. The number of ether oxygens (including phenoxy) is 4. The summed E-state index contributed by atoms with van der Waals surface area (Å²) in [6.07, 6.45) is 0.607. The molecule has 3 aromatic carbocycles. The highest BCUT2D eigenvalue weighted by Gasteiger charge is 2.46. The SMILES string of the molecule is COc1ccc(C(O)=C2C(=O)C(=O)N(CCCN3CCOCC3)[C@H]2c2ccc(OCc3ccccc3)c(OC)c2)cc1F. The lowest BCUT2D eigenvalue weighted by molar-refractivity contribution is -0.140. The van der Waals surface area contributed by atoms with E-state index < -0.39 is 29.3 Å². The van der Waals surface area contributed by atoms with Gasteiger partial charge in [0.2, 0.25) is 0 Å². The molecular weight excluding hydrogens is 555 g/mol. The number of aliphatic hydroxyl groups is 1. The van der Waals surface area contributed by atoms with Gasteiger partial charge in [-0.2, -0.15) is 0 Å². The first-order chi connectivity index (χ1) is 20.9. The molecule has 0 bridgehead atoms. The Morgan fingerprint density at radius 3 is 2.35 bits per heavy atom. The first kappa shape index (κ1) is 30.1. The molecule has 2 aliphatic heterocycles. The Morgan fingerprint density at radius 1 is 0.930 bits per heavy atom. The first-order valence-electron chi connectivity index (χ1n) is 14.2. The molecule has 0 aromatic heterocycles. The summed E-state index contributed by atoms with van der Waals surface area (Å²) < 4.78 is 36.6. The number of nitrogens with zero attached hydrogens (tertiary/aromatic N) is 2. The molecule has 2 fully saturated rings. The van der Waals surface area contributed by atoms with E-state index in [0.717, 1.165) is 31.3 Å². The van der Waals surface area contributed by atoms with E-state index in [1.54, 1.807) is 18.2 Å². The molecule has 2 heterocycles. The van der Waals surface area contributed by atoms with E-state index in [4.69, 9.17) is 18.9 Å². The van der Waals surface area contributed by atoms with Crippen molar-refractivity contribution in [2.75, 3.05) is 53.6 Å². The van der Waals surface area contributed by atoms with E-state index in [-0.39, 0.29) is 23.4 Å². The molecule has 0 aliphatic carbocycles. The number of hydrogen-bond donors (Lipinski definition) is 1. The number of halogens is 1. The molecule has 1 amide bonds. The predicted octanol–water partition coefficient (Wildman–Crippen LogP) is 4.57. The van der Waals surface area contributed by atoms with E-state index in [1.165, 1.54) is 31.3 Å². The molecule has 0 unspecified atom stereocenters. The molecule has 0 spiro atoms. The molecule has 1 N–H and O–H groups in total. The summed E-state index contributed by atoms with van der Waals surface area (Å²) in [5, 5.41) is 11.4. The van der Waals surface area contributed by atoms with Gasteiger partial charge in [-0.3, -0.25) is 14.5 Å². The second-order valence-corrected chi connectivity index (χ2v) is 10.3. The van der Waals surface area contributed by atoms with Crippen molar-refractivity contribution >= 4 is 17.4 Å². The summed E-state index contributed by atoms with van der Waals surface area (Å²) in [4.78, 5) is 30.6. The lowest BCUT2D eigenvalue weighted by Gasteiger charge is -2.29. The summed E-state index contributed by atoms with van der Waals surface area (Å²) in [5.74, 6) is -1.86. The standard InChI is InChI=1S/C33H35FN2O7/c1-40-26-11-10-24(19-25(26)34)31(37)29-30(36(33(39)32(29)38)14-6-13-35-15-17-42-18-16-35)23-9-12-27(28(20-23)41-2)43-21-22-7-4-3-5-8-22/h3-5,7-12,19-20,30,37H,6,13-18,21H2,1-2H3/t30-/m0/s1. The Hall–Kier alpha value is -4.41. The van der Waals surface area contributed by atoms with Crippen LogP contribution in [0.5, 0.6) is 17.2 Å². The van der Waals surface area contributed by atoms with Gasteiger partial charge in [-0.1, -0.05) is 36.4 Å². The molecular formula is C33H35FN2O7. The number of methoxy groups -OCH3 is 2. The molecule has 1 atom stereocenters. The van der Waals surface area contributed by atoms with Crippen molar-refractivity contribution in [2.45, 2.75) is 19.1 Å². The third-order valence-electron chi connectivity index (χ3n) is 7.68. The Labute approximate surface area is 250 Å². The zero-order chi connectivity index (χ0) is 30.3. The third-order valence-corrected chi connectivity index (χ3v) is 7.68. The van der Waals surface area contributed by atoms with Crippen LogP contribution in [0.15, 0.2) is 72.3 Å². The van der Waals surface area contributed by atoms with Crippen LogP contribution in [0.25, 0.3) is 5.76 Å². The Kier molecular flexibility index (Phi) is 9.58. The quantitative estimate of drug-likeness (QED) is 0.197. The summed E-state index contributed by atoms with van der Waals surface area (Å²) in [6, 6.07) is 17.8. The minimum Gasteiger partial charge on any atom is -0.507 e. The number of Topliss-reactive ketones (excluding diaryl/α,β-unsaturated/α-hetero) is 1. The molecule has 2 saturated heterocycles. The monoisotopic (exact) mass is 590 g/mol. The molecule has 43 heavy (non-hydrogen) atoms. The smallest absolute Gasteiger partial charge is 0.295 e. The predicted molar refractivity (Wildman–Crippen MR) is 158 cm³/mol. The van der Waals surface area contributed by atoms with Crippen LogP contribution in [-0.2, 0) is 20.9 Å². The molecule has 0 radical (unpaired) electrons. The topological polar surface area (TPSA) is 97.8 Å². The van der Waals surface area contributed by atoms with Gasteiger partial charge in [-0.05, 0) is 47.9 Å². The summed E-state index contributed by atoms with van der Waals surface area (Å²) in [7, 11) is 2.84. The van der Waals surface area contributed by atoms with Crippen LogP contribution in [0.1, 0.15) is 29.2 Å². The lowest BCUT2D eigenvalue weighted by Crippen LogP contribution is -2.39. The number of amides is 1. The van der Waals surface area contributed by atoms with Crippen molar-refractivity contribution in [3.05, 3.63) is 94.8 Å². The zero-order valence-corrected chi connectivity index (χ0v) is 24.3. The number of ketones is 1. The number of morpholine rings is 1. The Balaban J connectivity index is 1.49. The molecule has 0 saturated carbocycles. The Bertz CT molecular complexity index is 1490. The van der Waals surface area contributed by atoms with E-state index >= 15 is 0 Å². The van der Waals surface area contributed by atoms with Gasteiger partial charge in [-0.15, -0.1) is 0 Å². The van der Waals surface area contributed by atoms with Gasteiger partial charge < -0.3 is 29.0 Å². The molecule has 9 nitrogen and oxygen atoms in total. The van der Waals surface area contributed by atoms with Crippen LogP contribution in [0.4, 0.5) is 4.39 Å². The van der Waals surface area contributed by atoms with Gasteiger partial charge in [0.1, 0.15) is 12.4 Å². The third kappa shape index (κ3) is 6.65. The average Bonchev–Trinajstić information content (AvgIpc) is 3.29. The number of likely N-dealkylation sites (tertiary alicyclic amines) is 1. The lowest BCUT2D eigenvalue weighted by atomic mass is 9.94. The Morgan fingerprint density at radius 2 is 1.65 bits per heavy atom. The van der Waals surface area contributed by atoms with Crippen molar-refractivity contribution < 1.29 is 38.0 Å². The van der Waals surface area contributed by atoms with Crippen LogP contribution in [0.2, 0.25) is 0 Å². The number of benzene rings is 3. The maximum atomic E-state index is 14.6. The molecule has 3 aromatic rings. The van der Waals surface area contributed by atoms with Gasteiger partial charge >= 0.3 is 0 Å². The zero-order valence-electron chi connectivity index (χ0n) is 24.3. The highest BCUT2D eigenvalue weighted by molar-refractivity contribution is 6.46. The molecule has 2 aliphatic rings. The highest BCUT2D eigenvalue weighted by atomic mass is 19.1. The molecule has 226 valence electrons. The number of rotatable bonds is 11. The normalized spacial score (nSPS) is 18.6. The minimum atomic E-state index is -0.924. The maximum absolute atomic E-state index is 14.6. The second-order valence-electron chi connectivity index (χ2n) is 10.3. The molecule has 10 heteroatoms. The van der Waals surface area contributed by atoms with Crippen molar-refractivity contribution in [1.29, 1.82) is 0 Å². The van der Waals surface area contributed by atoms with Crippen molar-refractivity contribution in [2.24, 2.45) is 0 Å².